The molecule has 2 heterocycles. The quantitative estimate of drug-likeness (QED) is 0.534. The van der Waals surface area contributed by atoms with Crippen LogP contribution in [-0.2, 0) is 4.74 Å². The number of pyridine rings is 1. The smallest absolute Gasteiger partial charge is 0.126 e. The highest BCUT2D eigenvalue weighted by Gasteiger charge is 2.20. The van der Waals surface area contributed by atoms with Crippen LogP contribution in [0.5, 0.6) is 0 Å². The molecule has 1 aromatic heterocycles. The monoisotopic (exact) mass is 449 g/mol. The van der Waals surface area contributed by atoms with Gasteiger partial charge in [-0.1, -0.05) is 29.3 Å². The second-order valence-electron chi connectivity index (χ2n) is 8.33. The predicted molar refractivity (Wildman–Crippen MR) is 124 cm³/mol. The van der Waals surface area contributed by atoms with E-state index in [4.69, 9.17) is 27.9 Å². The van der Waals surface area contributed by atoms with Crippen LogP contribution < -0.4 is 10.6 Å². The summed E-state index contributed by atoms with van der Waals surface area (Å²) in [5.74, 6) is 1.41. The number of benzene rings is 1. The number of halogens is 2. The van der Waals surface area contributed by atoms with E-state index in [1.807, 2.05) is 18.2 Å². The Hall–Kier alpha value is -1.53. The second kappa shape index (κ2) is 10.2. The number of rotatable bonds is 6. The lowest BCUT2D eigenvalue weighted by atomic mass is 9.93. The van der Waals surface area contributed by atoms with Crippen LogP contribution in [0.15, 0.2) is 30.5 Å². The molecule has 0 amide bonds. The molecule has 2 aliphatic rings. The normalized spacial score (nSPS) is 22.6. The highest BCUT2D eigenvalue weighted by atomic mass is 35.5. The lowest BCUT2D eigenvalue weighted by Crippen LogP contribution is -2.28. The van der Waals surface area contributed by atoms with E-state index in [0.29, 0.717) is 22.0 Å². The van der Waals surface area contributed by atoms with Crippen LogP contribution in [0.25, 0.3) is 11.1 Å². The first-order valence-electron chi connectivity index (χ1n) is 10.8. The summed E-state index contributed by atoms with van der Waals surface area (Å²) in [6.45, 7) is 2.56. The van der Waals surface area contributed by atoms with Crippen molar-refractivity contribution in [1.82, 2.24) is 4.98 Å². The van der Waals surface area contributed by atoms with Crippen molar-refractivity contribution in [2.45, 2.75) is 50.7 Å². The minimum Gasteiger partial charge on any atom is -0.393 e. The van der Waals surface area contributed by atoms with Crippen LogP contribution in [0.4, 0.5) is 11.5 Å². The van der Waals surface area contributed by atoms with Crippen molar-refractivity contribution < 1.29 is 9.84 Å². The molecule has 3 N–H and O–H groups in total. The first-order chi connectivity index (χ1) is 14.6. The molecule has 0 spiro atoms. The highest BCUT2D eigenvalue weighted by Crippen LogP contribution is 2.34. The Balaban J connectivity index is 1.48. The van der Waals surface area contributed by atoms with Gasteiger partial charge in [0.1, 0.15) is 5.82 Å². The maximum absolute atomic E-state index is 9.71. The average Bonchev–Trinajstić information content (AvgIpc) is 2.77. The molecule has 1 aromatic carbocycles. The maximum atomic E-state index is 9.71. The van der Waals surface area contributed by atoms with Crippen molar-refractivity contribution in [1.29, 1.82) is 0 Å². The summed E-state index contributed by atoms with van der Waals surface area (Å²) in [6.07, 6.45) is 7.24. The van der Waals surface area contributed by atoms with Crippen molar-refractivity contribution in [3.05, 3.63) is 40.5 Å². The highest BCUT2D eigenvalue weighted by molar-refractivity contribution is 6.34. The van der Waals surface area contributed by atoms with Crippen molar-refractivity contribution in [3.8, 4) is 11.1 Å². The maximum Gasteiger partial charge on any atom is 0.126 e. The fourth-order valence-corrected chi connectivity index (χ4v) is 4.60. The molecule has 5 nitrogen and oxygen atoms in total. The Kier molecular flexibility index (Phi) is 7.37. The summed E-state index contributed by atoms with van der Waals surface area (Å²) >= 11 is 12.9. The Morgan fingerprint density at radius 3 is 2.53 bits per heavy atom. The van der Waals surface area contributed by atoms with E-state index in [2.05, 4.69) is 21.7 Å². The molecule has 7 heteroatoms. The predicted octanol–water partition coefficient (Wildman–Crippen LogP) is 5.61. The standard InChI is InChI=1S/C23H29Cl2N3O2/c24-20-6-1-16(11-22(20)26-13-15-7-9-30-10-8-15)19-12-23(27-14-21(19)25)28-17-2-4-18(29)5-3-17/h1,6,11-12,14-15,17-18,26,29H,2-5,7-10,13H2,(H,27,28). The molecule has 2 fully saturated rings. The van der Waals surface area contributed by atoms with Crippen molar-refractivity contribution >= 4 is 34.7 Å². The number of aliphatic hydroxyl groups excluding tert-OH is 1. The van der Waals surface area contributed by atoms with Gasteiger partial charge in [-0.25, -0.2) is 4.98 Å². The van der Waals surface area contributed by atoms with Gasteiger partial charge in [0.2, 0.25) is 0 Å². The van der Waals surface area contributed by atoms with Gasteiger partial charge in [0, 0.05) is 37.6 Å². The fraction of sp³-hybridized carbons (Fsp3) is 0.522. The largest absolute Gasteiger partial charge is 0.393 e. The number of aliphatic hydroxyl groups is 1. The van der Waals surface area contributed by atoms with Crippen LogP contribution >= 0.6 is 23.2 Å². The minimum absolute atomic E-state index is 0.169. The molecule has 2 aromatic rings. The van der Waals surface area contributed by atoms with Gasteiger partial charge >= 0.3 is 0 Å². The van der Waals surface area contributed by atoms with Crippen LogP contribution in [-0.4, -0.2) is 42.0 Å². The van der Waals surface area contributed by atoms with E-state index in [1.165, 1.54) is 0 Å². The third kappa shape index (κ3) is 5.58. The van der Waals surface area contributed by atoms with E-state index in [-0.39, 0.29) is 6.10 Å². The summed E-state index contributed by atoms with van der Waals surface area (Å²) in [5, 5.41) is 18.0. The van der Waals surface area contributed by atoms with Crippen LogP contribution in [0.3, 0.4) is 0 Å². The summed E-state index contributed by atoms with van der Waals surface area (Å²) in [4.78, 5) is 4.46. The zero-order valence-corrected chi connectivity index (χ0v) is 18.6. The van der Waals surface area contributed by atoms with Gasteiger partial charge in [-0.2, -0.15) is 0 Å². The second-order valence-corrected chi connectivity index (χ2v) is 9.14. The summed E-state index contributed by atoms with van der Waals surface area (Å²) < 4.78 is 5.44. The van der Waals surface area contributed by atoms with E-state index in [9.17, 15) is 5.11 Å². The number of nitrogens with zero attached hydrogens (tertiary/aromatic N) is 1. The van der Waals surface area contributed by atoms with E-state index in [1.54, 1.807) is 6.20 Å². The SMILES string of the molecule is OC1CCC(Nc2cc(-c3ccc(Cl)c(NCC4CCOCC4)c3)c(Cl)cn2)CC1. The van der Waals surface area contributed by atoms with E-state index < -0.39 is 0 Å². The lowest BCUT2D eigenvalue weighted by Gasteiger charge is -2.26. The van der Waals surface area contributed by atoms with Gasteiger partial charge in [0.25, 0.3) is 0 Å². The zero-order chi connectivity index (χ0) is 20.9. The molecule has 30 heavy (non-hydrogen) atoms. The van der Waals surface area contributed by atoms with E-state index in [0.717, 1.165) is 80.9 Å². The third-order valence-corrected chi connectivity index (χ3v) is 6.73. The Morgan fingerprint density at radius 2 is 1.77 bits per heavy atom. The molecule has 0 bridgehead atoms. The van der Waals surface area contributed by atoms with Gasteiger partial charge in [0.05, 0.1) is 21.8 Å². The summed E-state index contributed by atoms with van der Waals surface area (Å²) in [5.41, 5.74) is 2.85. The number of ether oxygens (including phenoxy) is 1. The van der Waals surface area contributed by atoms with Gasteiger partial charge in [-0.05, 0) is 68.2 Å². The molecule has 1 aliphatic carbocycles. The van der Waals surface area contributed by atoms with E-state index >= 15 is 0 Å². The van der Waals surface area contributed by atoms with Gasteiger partial charge < -0.3 is 20.5 Å². The van der Waals surface area contributed by atoms with Gasteiger partial charge in [-0.15, -0.1) is 0 Å². The first-order valence-corrected chi connectivity index (χ1v) is 11.6. The number of hydrogen-bond donors (Lipinski definition) is 3. The van der Waals surface area contributed by atoms with Crippen LogP contribution in [0.1, 0.15) is 38.5 Å². The molecular formula is C23H29Cl2N3O2. The van der Waals surface area contributed by atoms with Crippen LogP contribution in [0.2, 0.25) is 10.0 Å². The number of nitrogens with one attached hydrogen (secondary N) is 2. The molecule has 0 unspecified atom stereocenters. The van der Waals surface area contributed by atoms with Gasteiger partial charge in [0.15, 0.2) is 0 Å². The molecule has 1 saturated heterocycles. The first kappa shape index (κ1) is 21.7. The number of anilines is 2. The Bertz CT molecular complexity index is 850. The molecular weight excluding hydrogens is 421 g/mol. The molecule has 1 saturated carbocycles. The number of aromatic nitrogens is 1. The molecule has 0 radical (unpaired) electrons. The van der Waals surface area contributed by atoms with Crippen LogP contribution in [0, 0.1) is 5.92 Å². The zero-order valence-electron chi connectivity index (χ0n) is 17.0. The van der Waals surface area contributed by atoms with Crippen molar-refractivity contribution in [3.63, 3.8) is 0 Å². The average molecular weight is 450 g/mol. The molecule has 162 valence electrons. The van der Waals surface area contributed by atoms with Gasteiger partial charge in [-0.3, -0.25) is 0 Å². The minimum atomic E-state index is -0.169. The fourth-order valence-electron chi connectivity index (χ4n) is 4.20. The Morgan fingerprint density at radius 1 is 1.00 bits per heavy atom. The number of hydrogen-bond acceptors (Lipinski definition) is 5. The summed E-state index contributed by atoms with van der Waals surface area (Å²) in [6, 6.07) is 8.29. The lowest BCUT2D eigenvalue weighted by molar-refractivity contribution is 0.0699. The molecule has 0 atom stereocenters. The topological polar surface area (TPSA) is 66.4 Å². The van der Waals surface area contributed by atoms with Crippen molar-refractivity contribution in [2.75, 3.05) is 30.4 Å². The van der Waals surface area contributed by atoms with Crippen molar-refractivity contribution in [2.24, 2.45) is 5.92 Å². The third-order valence-electron chi connectivity index (χ3n) is 6.10. The molecule has 1 aliphatic heterocycles. The Labute approximate surface area is 188 Å². The summed E-state index contributed by atoms with van der Waals surface area (Å²) in [7, 11) is 0. The molecule has 4 rings (SSSR count).